The molecule has 3 rings (SSSR count). The number of amides is 2. The van der Waals surface area contributed by atoms with Crippen LogP contribution in [0, 0.1) is 17.8 Å². The van der Waals surface area contributed by atoms with Crippen molar-refractivity contribution in [1.29, 1.82) is 0 Å². The molecule has 0 spiro atoms. The molecule has 0 aromatic heterocycles. The summed E-state index contributed by atoms with van der Waals surface area (Å²) < 4.78 is 0. The minimum Gasteiger partial charge on any atom is -0.371 e. The van der Waals surface area contributed by atoms with Gasteiger partial charge in [-0.2, -0.15) is 0 Å². The molecule has 0 aliphatic carbocycles. The maximum absolute atomic E-state index is 12.1. The molecule has 2 amide bonds. The van der Waals surface area contributed by atoms with Crippen LogP contribution in [0.25, 0.3) is 0 Å². The first kappa shape index (κ1) is 19.0. The zero-order valence-corrected chi connectivity index (χ0v) is 16.3. The highest BCUT2D eigenvalue weighted by molar-refractivity contribution is 5.73. The molecule has 26 heavy (non-hydrogen) atoms. The molecule has 2 heterocycles. The SMILES string of the molecule is CC1CC(C)CN(CCNC(=O)NCC2CCN(c3ccccc3)C2)C1. The predicted octanol–water partition coefficient (Wildman–Crippen LogP) is 2.79. The van der Waals surface area contributed by atoms with Crippen molar-refractivity contribution < 1.29 is 4.79 Å². The Kier molecular flexibility index (Phi) is 6.78. The van der Waals surface area contributed by atoms with Crippen molar-refractivity contribution in [3.05, 3.63) is 30.3 Å². The molecule has 3 unspecified atom stereocenters. The van der Waals surface area contributed by atoms with Crippen LogP contribution < -0.4 is 15.5 Å². The highest BCUT2D eigenvalue weighted by Gasteiger charge is 2.23. The van der Waals surface area contributed by atoms with E-state index in [0.717, 1.165) is 64.1 Å². The monoisotopic (exact) mass is 358 g/mol. The van der Waals surface area contributed by atoms with Gasteiger partial charge in [-0.25, -0.2) is 4.79 Å². The summed E-state index contributed by atoms with van der Waals surface area (Å²) in [4.78, 5) is 17.0. The lowest BCUT2D eigenvalue weighted by Gasteiger charge is -2.34. The number of hydrogen-bond acceptors (Lipinski definition) is 3. The van der Waals surface area contributed by atoms with Crippen LogP contribution in [0.4, 0.5) is 10.5 Å². The van der Waals surface area contributed by atoms with Gasteiger partial charge in [-0.3, -0.25) is 0 Å². The first-order chi connectivity index (χ1) is 12.6. The average Bonchev–Trinajstić information content (AvgIpc) is 3.09. The van der Waals surface area contributed by atoms with E-state index in [-0.39, 0.29) is 6.03 Å². The number of piperidine rings is 1. The number of benzene rings is 1. The molecule has 1 aromatic carbocycles. The Morgan fingerprint density at radius 2 is 1.81 bits per heavy atom. The van der Waals surface area contributed by atoms with Crippen molar-refractivity contribution >= 4 is 11.7 Å². The van der Waals surface area contributed by atoms with Crippen molar-refractivity contribution in [3.8, 4) is 0 Å². The summed E-state index contributed by atoms with van der Waals surface area (Å²) in [5, 5.41) is 6.08. The quantitative estimate of drug-likeness (QED) is 0.822. The molecule has 2 fully saturated rings. The number of nitrogens with one attached hydrogen (secondary N) is 2. The minimum absolute atomic E-state index is 0.0266. The average molecular weight is 359 g/mol. The van der Waals surface area contributed by atoms with Gasteiger partial charge in [0.2, 0.25) is 0 Å². The van der Waals surface area contributed by atoms with Crippen LogP contribution in [0.2, 0.25) is 0 Å². The van der Waals surface area contributed by atoms with E-state index in [2.05, 4.69) is 58.5 Å². The van der Waals surface area contributed by atoms with Crippen LogP contribution in [0.15, 0.2) is 30.3 Å². The summed E-state index contributed by atoms with van der Waals surface area (Å²) in [5.41, 5.74) is 1.28. The Morgan fingerprint density at radius 3 is 2.54 bits per heavy atom. The molecule has 2 saturated heterocycles. The molecular formula is C21H34N4O. The number of likely N-dealkylation sites (tertiary alicyclic amines) is 1. The molecule has 2 N–H and O–H groups in total. The highest BCUT2D eigenvalue weighted by Crippen LogP contribution is 2.23. The maximum atomic E-state index is 12.1. The summed E-state index contributed by atoms with van der Waals surface area (Å²) in [6, 6.07) is 10.5. The van der Waals surface area contributed by atoms with Gasteiger partial charge in [-0.05, 0) is 42.7 Å². The molecule has 1 aromatic rings. The molecule has 5 heteroatoms. The first-order valence-electron chi connectivity index (χ1n) is 10.1. The Bertz CT molecular complexity index is 554. The van der Waals surface area contributed by atoms with Crippen molar-refractivity contribution in [2.24, 2.45) is 17.8 Å². The number of urea groups is 1. The second-order valence-electron chi connectivity index (χ2n) is 8.28. The Hall–Kier alpha value is -1.75. The molecule has 144 valence electrons. The standard InChI is InChI=1S/C21H34N4O/c1-17-12-18(2)15-24(14-17)11-9-22-21(26)23-13-19-8-10-25(16-19)20-6-4-3-5-7-20/h3-7,17-19H,8-16H2,1-2H3,(H2,22,23,26). The molecule has 3 atom stereocenters. The van der Waals surface area contributed by atoms with Gasteiger partial charge in [0.15, 0.2) is 0 Å². The van der Waals surface area contributed by atoms with E-state index in [9.17, 15) is 4.79 Å². The van der Waals surface area contributed by atoms with Crippen LogP contribution in [-0.4, -0.2) is 56.7 Å². The van der Waals surface area contributed by atoms with Gasteiger partial charge < -0.3 is 20.4 Å². The van der Waals surface area contributed by atoms with Crippen LogP contribution in [0.3, 0.4) is 0 Å². The predicted molar refractivity (Wildman–Crippen MR) is 108 cm³/mol. The molecule has 5 nitrogen and oxygen atoms in total. The van der Waals surface area contributed by atoms with Crippen LogP contribution in [-0.2, 0) is 0 Å². The third kappa shape index (κ3) is 5.63. The summed E-state index contributed by atoms with van der Waals surface area (Å²) >= 11 is 0. The van der Waals surface area contributed by atoms with E-state index < -0.39 is 0 Å². The number of para-hydroxylation sites is 1. The summed E-state index contributed by atoms with van der Waals surface area (Å²) in [7, 11) is 0. The number of hydrogen-bond donors (Lipinski definition) is 2. The smallest absolute Gasteiger partial charge is 0.314 e. The Balaban J connectivity index is 1.30. The van der Waals surface area contributed by atoms with Crippen LogP contribution in [0.1, 0.15) is 26.7 Å². The maximum Gasteiger partial charge on any atom is 0.314 e. The molecule has 0 saturated carbocycles. The van der Waals surface area contributed by atoms with Gasteiger partial charge in [0.25, 0.3) is 0 Å². The number of carbonyl (C=O) groups excluding carboxylic acids is 1. The lowest BCUT2D eigenvalue weighted by Crippen LogP contribution is -2.45. The molecule has 2 aliphatic rings. The van der Waals surface area contributed by atoms with Crippen LogP contribution in [0.5, 0.6) is 0 Å². The molecule has 0 radical (unpaired) electrons. The van der Waals surface area contributed by atoms with Gasteiger partial charge >= 0.3 is 6.03 Å². The summed E-state index contributed by atoms with van der Waals surface area (Å²) in [6.07, 6.45) is 2.46. The van der Waals surface area contributed by atoms with E-state index in [1.165, 1.54) is 12.1 Å². The van der Waals surface area contributed by atoms with Gasteiger partial charge in [0.1, 0.15) is 0 Å². The van der Waals surface area contributed by atoms with E-state index in [4.69, 9.17) is 0 Å². The van der Waals surface area contributed by atoms with Crippen molar-refractivity contribution in [1.82, 2.24) is 15.5 Å². The highest BCUT2D eigenvalue weighted by atomic mass is 16.2. The fourth-order valence-corrected chi connectivity index (χ4v) is 4.47. The lowest BCUT2D eigenvalue weighted by atomic mass is 9.92. The third-order valence-corrected chi connectivity index (χ3v) is 5.62. The zero-order chi connectivity index (χ0) is 18.4. The van der Waals surface area contributed by atoms with Gasteiger partial charge in [0.05, 0.1) is 0 Å². The molecule has 0 bridgehead atoms. The zero-order valence-electron chi connectivity index (χ0n) is 16.3. The second-order valence-corrected chi connectivity index (χ2v) is 8.28. The number of nitrogens with zero attached hydrogens (tertiary/aromatic N) is 2. The normalized spacial score (nSPS) is 26.7. The second kappa shape index (κ2) is 9.26. The first-order valence-corrected chi connectivity index (χ1v) is 10.1. The van der Waals surface area contributed by atoms with Gasteiger partial charge in [0, 0.05) is 51.5 Å². The Morgan fingerprint density at radius 1 is 1.08 bits per heavy atom. The minimum atomic E-state index is -0.0266. The van der Waals surface area contributed by atoms with Crippen molar-refractivity contribution in [3.63, 3.8) is 0 Å². The third-order valence-electron chi connectivity index (χ3n) is 5.62. The van der Waals surface area contributed by atoms with Crippen LogP contribution >= 0.6 is 0 Å². The largest absolute Gasteiger partial charge is 0.371 e. The fraction of sp³-hybridized carbons (Fsp3) is 0.667. The van der Waals surface area contributed by atoms with Gasteiger partial charge in [-0.15, -0.1) is 0 Å². The van der Waals surface area contributed by atoms with E-state index in [0.29, 0.717) is 5.92 Å². The van der Waals surface area contributed by atoms with E-state index in [1.54, 1.807) is 0 Å². The van der Waals surface area contributed by atoms with Gasteiger partial charge in [-0.1, -0.05) is 32.0 Å². The lowest BCUT2D eigenvalue weighted by molar-refractivity contribution is 0.142. The molecule has 2 aliphatic heterocycles. The number of anilines is 1. The van der Waals surface area contributed by atoms with E-state index >= 15 is 0 Å². The number of carbonyl (C=O) groups is 1. The molecular weight excluding hydrogens is 324 g/mol. The summed E-state index contributed by atoms with van der Waals surface area (Å²) in [6.45, 7) is 11.5. The van der Waals surface area contributed by atoms with E-state index in [1.807, 2.05) is 6.07 Å². The van der Waals surface area contributed by atoms with Crippen molar-refractivity contribution in [2.75, 3.05) is 50.7 Å². The topological polar surface area (TPSA) is 47.6 Å². The fourth-order valence-electron chi connectivity index (χ4n) is 4.47. The summed E-state index contributed by atoms with van der Waals surface area (Å²) in [5.74, 6) is 2.06. The van der Waals surface area contributed by atoms with Crippen molar-refractivity contribution in [2.45, 2.75) is 26.7 Å². The Labute approximate surface area is 158 Å². The number of rotatable bonds is 6.